The average Bonchev–Trinajstić information content (AvgIpc) is 2.89. The van der Waals surface area contributed by atoms with E-state index in [1.807, 2.05) is 0 Å². The van der Waals surface area contributed by atoms with Crippen molar-refractivity contribution in [3.63, 3.8) is 0 Å². The molecule has 0 fully saturated rings. The van der Waals surface area contributed by atoms with Crippen LogP contribution >= 0.6 is 0 Å². The highest BCUT2D eigenvalue weighted by Gasteiger charge is 2.09. The molecule has 0 atom stereocenters. The van der Waals surface area contributed by atoms with Gasteiger partial charge in [-0.3, -0.25) is 16.0 Å². The third-order valence-electron chi connectivity index (χ3n) is 2.26. The molecular formula is C10H11N5O3. The van der Waals surface area contributed by atoms with Crippen LogP contribution in [0.25, 0.3) is 0 Å². The zero-order valence-corrected chi connectivity index (χ0v) is 9.29. The first-order chi connectivity index (χ1) is 8.69. The van der Waals surface area contributed by atoms with Crippen molar-refractivity contribution in [1.29, 1.82) is 0 Å². The molecule has 0 spiro atoms. The number of benzene rings is 1. The maximum absolute atomic E-state index is 10.7. The molecule has 2 aromatic rings. The molecule has 0 unspecified atom stereocenters. The van der Waals surface area contributed by atoms with Crippen molar-refractivity contribution >= 4 is 17.1 Å². The van der Waals surface area contributed by atoms with Crippen LogP contribution in [-0.4, -0.2) is 10.1 Å². The van der Waals surface area contributed by atoms with E-state index in [4.69, 9.17) is 5.84 Å². The highest BCUT2D eigenvalue weighted by atomic mass is 16.6. The maximum Gasteiger partial charge on any atom is 0.273 e. The number of nitro benzene ring substituents is 1. The van der Waals surface area contributed by atoms with Gasteiger partial charge in [-0.15, -0.1) is 0 Å². The van der Waals surface area contributed by atoms with Crippen LogP contribution in [0, 0.1) is 10.1 Å². The summed E-state index contributed by atoms with van der Waals surface area (Å²) in [4.78, 5) is 10.3. The van der Waals surface area contributed by atoms with E-state index < -0.39 is 4.92 Å². The lowest BCUT2D eigenvalue weighted by molar-refractivity contribution is -0.384. The lowest BCUT2D eigenvalue weighted by atomic mass is 10.2. The zero-order chi connectivity index (χ0) is 13.0. The summed E-state index contributed by atoms with van der Waals surface area (Å²) in [5.41, 5.74) is 4.05. The van der Waals surface area contributed by atoms with Crippen LogP contribution in [0.3, 0.4) is 0 Å². The molecule has 0 saturated heterocycles. The third-order valence-corrected chi connectivity index (χ3v) is 2.26. The smallest absolute Gasteiger partial charge is 0.273 e. The van der Waals surface area contributed by atoms with Crippen molar-refractivity contribution in [3.05, 3.63) is 46.3 Å². The van der Waals surface area contributed by atoms with Crippen LogP contribution < -0.4 is 16.6 Å². The first-order valence-electron chi connectivity index (χ1n) is 5.08. The van der Waals surface area contributed by atoms with Gasteiger partial charge in [0.15, 0.2) is 0 Å². The van der Waals surface area contributed by atoms with Gasteiger partial charge in [0.25, 0.3) is 5.69 Å². The summed E-state index contributed by atoms with van der Waals surface area (Å²) in [5, 5.41) is 17.5. The molecule has 18 heavy (non-hydrogen) atoms. The van der Waals surface area contributed by atoms with Crippen LogP contribution in [0.2, 0.25) is 0 Å². The number of nitrogens with two attached hydrogens (primary N) is 1. The second kappa shape index (κ2) is 5.15. The van der Waals surface area contributed by atoms with Gasteiger partial charge in [0.05, 0.1) is 17.2 Å². The maximum atomic E-state index is 10.7. The predicted molar refractivity (Wildman–Crippen MR) is 64.7 cm³/mol. The van der Waals surface area contributed by atoms with E-state index in [-0.39, 0.29) is 5.69 Å². The Morgan fingerprint density at radius 1 is 1.39 bits per heavy atom. The fourth-order valence-electron chi connectivity index (χ4n) is 1.42. The van der Waals surface area contributed by atoms with Crippen LogP contribution in [0.4, 0.5) is 17.1 Å². The Bertz CT molecular complexity index is 540. The molecule has 2 rings (SSSR count). The van der Waals surface area contributed by atoms with Crippen molar-refractivity contribution in [2.24, 2.45) is 5.84 Å². The Hall–Kier alpha value is -2.61. The molecule has 0 amide bonds. The third kappa shape index (κ3) is 2.74. The molecular weight excluding hydrogens is 238 g/mol. The van der Waals surface area contributed by atoms with Gasteiger partial charge in [0.1, 0.15) is 12.0 Å². The van der Waals surface area contributed by atoms with E-state index in [2.05, 4.69) is 20.4 Å². The number of rotatable bonds is 5. The average molecular weight is 249 g/mol. The fourth-order valence-corrected chi connectivity index (χ4v) is 1.42. The van der Waals surface area contributed by atoms with Crippen LogP contribution in [0.5, 0.6) is 0 Å². The van der Waals surface area contributed by atoms with Gasteiger partial charge in [-0.25, -0.2) is 0 Å². The summed E-state index contributed by atoms with van der Waals surface area (Å²) in [6.07, 6.45) is 1.46. The Labute approximate surface area is 102 Å². The molecule has 1 aromatic carbocycles. The summed E-state index contributed by atoms with van der Waals surface area (Å²) in [7, 11) is 0. The Balaban J connectivity index is 2.16. The number of nitrogens with one attached hydrogen (secondary N) is 2. The van der Waals surface area contributed by atoms with Crippen LogP contribution in [0.1, 0.15) is 5.69 Å². The van der Waals surface area contributed by atoms with Gasteiger partial charge in [-0.05, 0) is 6.07 Å². The van der Waals surface area contributed by atoms with Crippen molar-refractivity contribution < 1.29 is 9.45 Å². The molecule has 0 aliphatic carbocycles. The highest BCUT2D eigenvalue weighted by molar-refractivity contribution is 5.63. The largest absolute Gasteiger partial charge is 0.379 e. The number of hydrogen-bond donors (Lipinski definition) is 3. The van der Waals surface area contributed by atoms with Crippen LogP contribution in [0.15, 0.2) is 35.1 Å². The van der Waals surface area contributed by atoms with Crippen molar-refractivity contribution in [2.75, 3.05) is 10.7 Å². The number of hydrogen-bond acceptors (Lipinski definition) is 7. The zero-order valence-electron chi connectivity index (χ0n) is 9.29. The van der Waals surface area contributed by atoms with Gasteiger partial charge in [0.2, 0.25) is 0 Å². The minimum atomic E-state index is -0.484. The van der Waals surface area contributed by atoms with Crippen molar-refractivity contribution in [2.45, 2.75) is 6.54 Å². The minimum absolute atomic E-state index is 0.0481. The summed E-state index contributed by atoms with van der Waals surface area (Å²) in [6.45, 7) is 0.404. The second-order valence-electron chi connectivity index (χ2n) is 3.51. The quantitative estimate of drug-likeness (QED) is 0.417. The van der Waals surface area contributed by atoms with Gasteiger partial charge in [0, 0.05) is 23.9 Å². The molecule has 0 saturated carbocycles. The number of hydrazine groups is 1. The Morgan fingerprint density at radius 3 is 2.78 bits per heavy atom. The van der Waals surface area contributed by atoms with E-state index in [0.29, 0.717) is 23.6 Å². The predicted octanol–water partition coefficient (Wildman–Crippen LogP) is 1.48. The molecule has 0 aliphatic heterocycles. The van der Waals surface area contributed by atoms with E-state index in [0.717, 1.165) is 0 Å². The Kier molecular flexibility index (Phi) is 3.39. The van der Waals surface area contributed by atoms with Crippen LogP contribution in [-0.2, 0) is 6.54 Å². The molecule has 4 N–H and O–H groups in total. The monoisotopic (exact) mass is 249 g/mol. The molecule has 1 aromatic heterocycles. The SMILES string of the molecule is NNc1cc(NCc2ccon2)cc([N+](=O)[O-])c1. The van der Waals surface area contributed by atoms with E-state index in [9.17, 15) is 10.1 Å². The summed E-state index contributed by atoms with van der Waals surface area (Å²) in [6, 6.07) is 6.13. The minimum Gasteiger partial charge on any atom is -0.379 e. The van der Waals surface area contributed by atoms with Gasteiger partial charge < -0.3 is 15.3 Å². The molecule has 0 radical (unpaired) electrons. The molecule has 8 heteroatoms. The first kappa shape index (κ1) is 11.9. The molecule has 8 nitrogen and oxygen atoms in total. The molecule has 94 valence electrons. The fraction of sp³-hybridized carbons (Fsp3) is 0.100. The number of nitrogen functional groups attached to an aromatic ring is 1. The lowest BCUT2D eigenvalue weighted by Crippen LogP contribution is -2.08. The summed E-state index contributed by atoms with van der Waals surface area (Å²) < 4.78 is 4.68. The highest BCUT2D eigenvalue weighted by Crippen LogP contribution is 2.24. The normalized spacial score (nSPS) is 10.1. The number of non-ortho nitro benzene ring substituents is 1. The van der Waals surface area contributed by atoms with Gasteiger partial charge in [-0.2, -0.15) is 0 Å². The molecule has 0 bridgehead atoms. The topological polar surface area (TPSA) is 119 Å². The van der Waals surface area contributed by atoms with E-state index >= 15 is 0 Å². The molecule has 0 aliphatic rings. The number of nitrogens with zero attached hydrogens (tertiary/aromatic N) is 2. The summed E-state index contributed by atoms with van der Waals surface area (Å²) in [5.74, 6) is 5.25. The molecule has 1 heterocycles. The van der Waals surface area contributed by atoms with Crippen molar-refractivity contribution in [1.82, 2.24) is 5.16 Å². The van der Waals surface area contributed by atoms with E-state index in [1.165, 1.54) is 18.4 Å². The lowest BCUT2D eigenvalue weighted by Gasteiger charge is -2.07. The summed E-state index contributed by atoms with van der Waals surface area (Å²) >= 11 is 0. The standard InChI is InChI=1S/C10H11N5O3/c11-13-9-3-8(4-10(5-9)15(16)17)12-6-7-1-2-18-14-7/h1-5,12-13H,6,11H2. The van der Waals surface area contributed by atoms with E-state index in [1.54, 1.807) is 12.1 Å². The van der Waals surface area contributed by atoms with Crippen molar-refractivity contribution in [3.8, 4) is 0 Å². The van der Waals surface area contributed by atoms with Gasteiger partial charge in [-0.1, -0.05) is 5.16 Å². The first-order valence-corrected chi connectivity index (χ1v) is 5.08. The Morgan fingerprint density at radius 2 is 2.17 bits per heavy atom. The number of nitro groups is 1. The number of aromatic nitrogens is 1. The van der Waals surface area contributed by atoms with Gasteiger partial charge >= 0.3 is 0 Å². The second-order valence-corrected chi connectivity index (χ2v) is 3.51. The number of anilines is 2.